The minimum Gasteiger partial charge on any atom is -0.267 e. The molecule has 0 bridgehead atoms. The van der Waals surface area contributed by atoms with Gasteiger partial charge >= 0.3 is 0 Å². The molecule has 1 aromatic heterocycles. The van der Waals surface area contributed by atoms with Crippen LogP contribution in [0, 0.1) is 17.8 Å². The molecule has 76 valence electrons. The second-order valence-corrected chi connectivity index (χ2v) is 3.91. The van der Waals surface area contributed by atoms with Gasteiger partial charge in [0.05, 0.1) is 5.52 Å². The summed E-state index contributed by atoms with van der Waals surface area (Å²) in [4.78, 5) is 0. The van der Waals surface area contributed by atoms with Crippen LogP contribution in [0.25, 0.3) is 10.9 Å². The monoisotopic (exact) mass is 198 g/mol. The van der Waals surface area contributed by atoms with Gasteiger partial charge < -0.3 is 0 Å². The summed E-state index contributed by atoms with van der Waals surface area (Å²) in [6.07, 6.45) is 0. The summed E-state index contributed by atoms with van der Waals surface area (Å²) in [5, 5.41) is 5.54. The second-order valence-electron chi connectivity index (χ2n) is 3.91. The molecule has 0 aliphatic rings. The molecule has 0 radical (unpaired) electrons. The van der Waals surface area contributed by atoms with Crippen molar-refractivity contribution in [1.82, 2.24) is 9.78 Å². The molecule has 2 nitrogen and oxygen atoms in total. The first-order chi connectivity index (χ1) is 7.18. The quantitative estimate of drug-likeness (QED) is 0.595. The highest BCUT2D eigenvalue weighted by Gasteiger charge is 2.04. The van der Waals surface area contributed by atoms with E-state index in [9.17, 15) is 0 Å². The number of nitrogens with zero attached hydrogens (tertiary/aromatic N) is 2. The van der Waals surface area contributed by atoms with Crippen molar-refractivity contribution < 1.29 is 0 Å². The molecule has 2 heteroatoms. The molecule has 0 aliphatic heterocycles. The van der Waals surface area contributed by atoms with Gasteiger partial charge in [-0.25, -0.2) is 0 Å². The lowest BCUT2D eigenvalue weighted by molar-refractivity contribution is 0.791. The number of para-hydroxylation sites is 1. The molecule has 0 saturated heterocycles. The molecule has 1 aromatic carbocycles. The Hall–Kier alpha value is -1.75. The van der Waals surface area contributed by atoms with E-state index < -0.39 is 0 Å². The van der Waals surface area contributed by atoms with Gasteiger partial charge in [0, 0.05) is 18.4 Å². The van der Waals surface area contributed by atoms with Crippen molar-refractivity contribution >= 4 is 10.9 Å². The van der Waals surface area contributed by atoms with Crippen molar-refractivity contribution in [2.45, 2.75) is 13.8 Å². The van der Waals surface area contributed by atoms with Crippen LogP contribution in [0.4, 0.5) is 0 Å². The normalized spacial score (nSPS) is 10.4. The van der Waals surface area contributed by atoms with E-state index in [1.807, 2.05) is 23.9 Å². The third-order valence-corrected chi connectivity index (χ3v) is 2.24. The highest BCUT2D eigenvalue weighted by molar-refractivity contribution is 5.84. The fourth-order valence-electron chi connectivity index (χ4n) is 1.52. The Balaban J connectivity index is 2.59. The van der Waals surface area contributed by atoms with Crippen molar-refractivity contribution in [2.75, 3.05) is 0 Å². The number of aryl methyl sites for hydroxylation is 1. The predicted octanol–water partition coefficient (Wildman–Crippen LogP) is 2.58. The van der Waals surface area contributed by atoms with Crippen molar-refractivity contribution in [1.29, 1.82) is 0 Å². The second kappa shape index (κ2) is 3.78. The van der Waals surface area contributed by atoms with Gasteiger partial charge in [0.2, 0.25) is 0 Å². The standard InChI is InChI=1S/C13H14N2/c1-10(2)8-9-12-11-6-4-5-7-13(11)15(3)14-12/h4-7,10H,1-3H3. The Bertz CT molecular complexity index is 538. The van der Waals surface area contributed by atoms with E-state index in [0.717, 1.165) is 16.6 Å². The summed E-state index contributed by atoms with van der Waals surface area (Å²) in [5.74, 6) is 6.65. The third kappa shape index (κ3) is 1.87. The van der Waals surface area contributed by atoms with Crippen molar-refractivity contribution in [3.63, 3.8) is 0 Å². The highest BCUT2D eigenvalue weighted by atomic mass is 15.3. The molecule has 0 saturated carbocycles. The first-order valence-corrected chi connectivity index (χ1v) is 5.12. The van der Waals surface area contributed by atoms with Gasteiger partial charge in [0.1, 0.15) is 5.69 Å². The summed E-state index contributed by atoms with van der Waals surface area (Å²) in [6, 6.07) is 8.16. The smallest absolute Gasteiger partial charge is 0.143 e. The summed E-state index contributed by atoms with van der Waals surface area (Å²) in [6.45, 7) is 4.16. The number of aromatic nitrogens is 2. The predicted molar refractivity (Wildman–Crippen MR) is 62.4 cm³/mol. The average molecular weight is 198 g/mol. The summed E-state index contributed by atoms with van der Waals surface area (Å²) >= 11 is 0. The lowest BCUT2D eigenvalue weighted by Crippen LogP contribution is -1.89. The van der Waals surface area contributed by atoms with Gasteiger partial charge in [-0.2, -0.15) is 5.10 Å². The van der Waals surface area contributed by atoms with Crippen molar-refractivity contribution in [2.24, 2.45) is 13.0 Å². The maximum Gasteiger partial charge on any atom is 0.143 e. The molecular weight excluding hydrogens is 184 g/mol. The Kier molecular flexibility index (Phi) is 2.47. The van der Waals surface area contributed by atoms with Gasteiger partial charge in [-0.1, -0.05) is 31.9 Å². The molecule has 0 amide bonds. The summed E-state index contributed by atoms with van der Waals surface area (Å²) in [7, 11) is 1.95. The summed E-state index contributed by atoms with van der Waals surface area (Å²) in [5.41, 5.74) is 2.01. The molecule has 2 rings (SSSR count). The van der Waals surface area contributed by atoms with Gasteiger partial charge in [0.15, 0.2) is 0 Å². The molecule has 0 atom stereocenters. The largest absolute Gasteiger partial charge is 0.267 e. The van der Waals surface area contributed by atoms with Crippen LogP contribution in [0.3, 0.4) is 0 Å². The number of hydrogen-bond acceptors (Lipinski definition) is 1. The fourth-order valence-corrected chi connectivity index (χ4v) is 1.52. The van der Waals surface area contributed by atoms with E-state index in [1.54, 1.807) is 0 Å². The molecule has 0 spiro atoms. The molecule has 15 heavy (non-hydrogen) atoms. The van der Waals surface area contributed by atoms with Crippen LogP contribution < -0.4 is 0 Å². The number of benzene rings is 1. The van der Waals surface area contributed by atoms with Gasteiger partial charge in [0.25, 0.3) is 0 Å². The lowest BCUT2D eigenvalue weighted by atomic mass is 10.2. The molecule has 2 aromatic rings. The lowest BCUT2D eigenvalue weighted by Gasteiger charge is -1.90. The van der Waals surface area contributed by atoms with E-state index in [-0.39, 0.29) is 0 Å². The maximum absolute atomic E-state index is 4.40. The van der Waals surface area contributed by atoms with Crippen LogP contribution in [0.1, 0.15) is 19.5 Å². The first kappa shape index (κ1) is 9.79. The SMILES string of the molecule is CC(C)C#Cc1nn(C)c2ccccc12. The van der Waals surface area contributed by atoms with Crippen LogP contribution >= 0.6 is 0 Å². The summed E-state index contributed by atoms with van der Waals surface area (Å²) < 4.78 is 1.87. The molecule has 0 unspecified atom stereocenters. The highest BCUT2D eigenvalue weighted by Crippen LogP contribution is 2.16. The van der Waals surface area contributed by atoms with Crippen LogP contribution in [-0.4, -0.2) is 9.78 Å². The van der Waals surface area contributed by atoms with Gasteiger partial charge in [-0.3, -0.25) is 4.68 Å². The van der Waals surface area contributed by atoms with Gasteiger partial charge in [-0.15, -0.1) is 0 Å². The molecule has 0 fully saturated rings. The van der Waals surface area contributed by atoms with E-state index in [2.05, 4.69) is 42.9 Å². The number of fused-ring (bicyclic) bond motifs is 1. The Morgan fingerprint density at radius 2 is 2.00 bits per heavy atom. The van der Waals surface area contributed by atoms with Crippen molar-refractivity contribution in [3.8, 4) is 11.8 Å². The third-order valence-electron chi connectivity index (χ3n) is 2.24. The minimum atomic E-state index is 0.380. The van der Waals surface area contributed by atoms with Gasteiger partial charge in [-0.05, 0) is 18.1 Å². The molecule has 1 heterocycles. The van der Waals surface area contributed by atoms with Crippen LogP contribution in [0.5, 0.6) is 0 Å². The van der Waals surface area contributed by atoms with Crippen LogP contribution in [0.2, 0.25) is 0 Å². The maximum atomic E-state index is 4.40. The molecular formula is C13H14N2. The molecule has 0 aliphatic carbocycles. The number of rotatable bonds is 0. The van der Waals surface area contributed by atoms with Crippen LogP contribution in [-0.2, 0) is 7.05 Å². The Morgan fingerprint density at radius 3 is 2.73 bits per heavy atom. The van der Waals surface area contributed by atoms with E-state index >= 15 is 0 Å². The zero-order valence-corrected chi connectivity index (χ0v) is 9.28. The fraction of sp³-hybridized carbons (Fsp3) is 0.308. The van der Waals surface area contributed by atoms with Crippen LogP contribution in [0.15, 0.2) is 24.3 Å². The zero-order chi connectivity index (χ0) is 10.8. The average Bonchev–Trinajstić information content (AvgIpc) is 2.54. The zero-order valence-electron chi connectivity index (χ0n) is 9.28. The molecule has 0 N–H and O–H groups in total. The minimum absolute atomic E-state index is 0.380. The topological polar surface area (TPSA) is 17.8 Å². The van der Waals surface area contributed by atoms with E-state index in [1.165, 1.54) is 0 Å². The first-order valence-electron chi connectivity index (χ1n) is 5.12. The number of hydrogen-bond donors (Lipinski definition) is 0. The van der Waals surface area contributed by atoms with E-state index in [0.29, 0.717) is 5.92 Å². The van der Waals surface area contributed by atoms with E-state index in [4.69, 9.17) is 0 Å². The van der Waals surface area contributed by atoms with Crippen molar-refractivity contribution in [3.05, 3.63) is 30.0 Å². The Labute approximate surface area is 89.9 Å². The Morgan fingerprint density at radius 1 is 1.27 bits per heavy atom.